The van der Waals surface area contributed by atoms with E-state index in [9.17, 15) is 9.59 Å². The number of nitrogen functional groups attached to an aromatic ring is 1. The van der Waals surface area contributed by atoms with Crippen LogP contribution in [0.5, 0.6) is 0 Å². The first-order valence-corrected chi connectivity index (χ1v) is 5.08. The molecule has 0 aliphatic heterocycles. The average Bonchev–Trinajstić information content (AvgIpc) is 2.29. The molecule has 0 fully saturated rings. The molecule has 0 bridgehead atoms. The molecule has 2 aromatic rings. The Morgan fingerprint density at radius 3 is 3.06 bits per heavy atom. The molecule has 0 spiro atoms. The topological polar surface area (TPSA) is 98.1 Å². The maximum atomic E-state index is 11.7. The number of rotatable bonds is 2. The molecule has 6 nitrogen and oxygen atoms in total. The first-order chi connectivity index (χ1) is 8.15. The van der Waals surface area contributed by atoms with Crippen LogP contribution >= 0.6 is 0 Å². The van der Waals surface area contributed by atoms with Crippen LogP contribution in [0.25, 0.3) is 11.0 Å². The van der Waals surface area contributed by atoms with Gasteiger partial charge in [0.15, 0.2) is 0 Å². The van der Waals surface area contributed by atoms with Crippen LogP contribution in [0.1, 0.15) is 17.3 Å². The highest BCUT2D eigenvalue weighted by molar-refractivity contribution is 6.02. The molecule has 0 amide bonds. The first kappa shape index (κ1) is 11.1. The van der Waals surface area contributed by atoms with Crippen LogP contribution in [0.15, 0.2) is 23.1 Å². The second-order valence-electron chi connectivity index (χ2n) is 3.36. The number of nitrogens with one attached hydrogen (secondary N) is 1. The van der Waals surface area contributed by atoms with Crippen LogP contribution in [-0.2, 0) is 4.74 Å². The Morgan fingerprint density at radius 1 is 1.59 bits per heavy atom. The van der Waals surface area contributed by atoms with E-state index in [1.54, 1.807) is 19.1 Å². The highest BCUT2D eigenvalue weighted by Crippen LogP contribution is 2.18. The van der Waals surface area contributed by atoms with Crippen LogP contribution in [-0.4, -0.2) is 22.5 Å². The van der Waals surface area contributed by atoms with Crippen molar-refractivity contribution in [2.24, 2.45) is 0 Å². The molecule has 0 saturated heterocycles. The molecule has 0 saturated carbocycles. The average molecular weight is 233 g/mol. The monoisotopic (exact) mass is 233 g/mol. The van der Waals surface area contributed by atoms with Crippen molar-refractivity contribution >= 4 is 22.7 Å². The normalized spacial score (nSPS) is 10.4. The third-order valence-corrected chi connectivity index (χ3v) is 2.31. The summed E-state index contributed by atoms with van der Waals surface area (Å²) in [6, 6.07) is 3.35. The molecule has 0 aliphatic carbocycles. The minimum Gasteiger partial charge on any atom is -0.462 e. The Kier molecular flexibility index (Phi) is 2.78. The van der Waals surface area contributed by atoms with Crippen molar-refractivity contribution in [1.29, 1.82) is 0 Å². The fourth-order valence-electron chi connectivity index (χ4n) is 1.56. The van der Waals surface area contributed by atoms with Crippen LogP contribution < -0.4 is 11.3 Å². The number of esters is 1. The van der Waals surface area contributed by atoms with Crippen molar-refractivity contribution in [2.45, 2.75) is 6.92 Å². The minimum absolute atomic E-state index is 0.0929. The van der Waals surface area contributed by atoms with Gasteiger partial charge in [0.25, 0.3) is 5.56 Å². The first-order valence-electron chi connectivity index (χ1n) is 5.08. The van der Waals surface area contributed by atoms with Crippen LogP contribution in [0, 0.1) is 0 Å². The summed E-state index contributed by atoms with van der Waals surface area (Å²) in [5.41, 5.74) is 5.47. The van der Waals surface area contributed by atoms with Gasteiger partial charge in [-0.1, -0.05) is 0 Å². The predicted octanol–water partition coefficient (Wildman–Crippen LogP) is 0.682. The lowest BCUT2D eigenvalue weighted by Gasteiger charge is -2.06. The number of nitrogens with two attached hydrogens (primary N) is 1. The number of aromatic amines is 1. The molecule has 3 N–H and O–H groups in total. The van der Waals surface area contributed by atoms with E-state index in [1.165, 1.54) is 6.20 Å². The fourth-order valence-corrected chi connectivity index (χ4v) is 1.56. The van der Waals surface area contributed by atoms with Crippen molar-refractivity contribution in [1.82, 2.24) is 9.97 Å². The molecule has 2 aromatic heterocycles. The third kappa shape index (κ3) is 1.84. The van der Waals surface area contributed by atoms with Crippen molar-refractivity contribution in [2.75, 3.05) is 12.3 Å². The largest absolute Gasteiger partial charge is 0.462 e. The summed E-state index contributed by atoms with van der Waals surface area (Å²) in [6.45, 7) is 1.84. The Bertz CT molecular complexity index is 633. The number of fused-ring (bicyclic) bond motifs is 1. The number of nitrogens with zero attached hydrogens (tertiary/aromatic N) is 1. The van der Waals surface area contributed by atoms with E-state index in [2.05, 4.69) is 9.97 Å². The Hall–Kier alpha value is -2.37. The molecule has 0 aliphatic rings. The Morgan fingerprint density at radius 2 is 2.35 bits per heavy atom. The van der Waals surface area contributed by atoms with E-state index in [0.29, 0.717) is 11.0 Å². The van der Waals surface area contributed by atoms with Gasteiger partial charge in [-0.25, -0.2) is 9.78 Å². The Balaban J connectivity index is 2.72. The maximum absolute atomic E-state index is 11.7. The summed E-state index contributed by atoms with van der Waals surface area (Å²) in [6.07, 6.45) is 1.53. The fraction of sp³-hybridized carbons (Fsp3) is 0.182. The highest BCUT2D eigenvalue weighted by Gasteiger charge is 2.18. The summed E-state index contributed by atoms with van der Waals surface area (Å²) < 4.78 is 4.78. The number of aromatic nitrogens is 2. The van der Waals surface area contributed by atoms with Gasteiger partial charge >= 0.3 is 5.97 Å². The zero-order valence-electron chi connectivity index (χ0n) is 9.19. The van der Waals surface area contributed by atoms with Crippen LogP contribution in [0.3, 0.4) is 0 Å². The SMILES string of the molecule is CCOC(=O)c1c(N)c2cccnc2[nH]c1=O. The van der Waals surface area contributed by atoms with E-state index < -0.39 is 11.5 Å². The van der Waals surface area contributed by atoms with Crippen LogP contribution in [0.2, 0.25) is 0 Å². The predicted molar refractivity (Wildman–Crippen MR) is 62.7 cm³/mol. The number of anilines is 1. The number of hydrogen-bond acceptors (Lipinski definition) is 5. The van der Waals surface area contributed by atoms with Crippen molar-refractivity contribution in [3.05, 3.63) is 34.2 Å². The van der Waals surface area contributed by atoms with Crippen LogP contribution in [0.4, 0.5) is 5.69 Å². The molecular formula is C11H11N3O3. The molecule has 0 atom stereocenters. The van der Waals surface area contributed by atoms with Gasteiger partial charge < -0.3 is 15.5 Å². The molecule has 0 unspecified atom stereocenters. The number of pyridine rings is 2. The van der Waals surface area contributed by atoms with Gasteiger partial charge in [0.1, 0.15) is 11.2 Å². The van der Waals surface area contributed by atoms with Gasteiger partial charge in [0, 0.05) is 11.6 Å². The molecule has 0 radical (unpaired) electrons. The van der Waals surface area contributed by atoms with Crippen molar-refractivity contribution in [3.8, 4) is 0 Å². The second-order valence-corrected chi connectivity index (χ2v) is 3.36. The van der Waals surface area contributed by atoms with Crippen molar-refractivity contribution < 1.29 is 9.53 Å². The lowest BCUT2D eigenvalue weighted by molar-refractivity contribution is 0.0526. The molecule has 2 rings (SSSR count). The van der Waals surface area contributed by atoms with E-state index in [0.717, 1.165) is 0 Å². The minimum atomic E-state index is -0.725. The number of hydrogen-bond donors (Lipinski definition) is 2. The van der Waals surface area contributed by atoms with Gasteiger partial charge in [-0.15, -0.1) is 0 Å². The second kappa shape index (κ2) is 4.25. The standard InChI is InChI=1S/C11H11N3O3/c1-2-17-11(16)7-8(12)6-4-3-5-13-9(6)14-10(7)15/h3-5H,2H2,1H3,(H3,12,13,14,15). The van der Waals surface area contributed by atoms with Gasteiger partial charge in [0.05, 0.1) is 12.3 Å². The quantitative estimate of drug-likeness (QED) is 0.743. The van der Waals surface area contributed by atoms with Crippen molar-refractivity contribution in [3.63, 3.8) is 0 Å². The molecule has 88 valence electrons. The van der Waals surface area contributed by atoms with Gasteiger partial charge in [0.2, 0.25) is 0 Å². The number of ether oxygens (including phenoxy) is 1. The summed E-state index contributed by atoms with van der Waals surface area (Å²) >= 11 is 0. The third-order valence-electron chi connectivity index (χ3n) is 2.31. The number of carbonyl (C=O) groups is 1. The van der Waals surface area contributed by atoms with Gasteiger partial charge in [-0.2, -0.15) is 0 Å². The number of carbonyl (C=O) groups excluding carboxylic acids is 1. The molecule has 6 heteroatoms. The van der Waals surface area contributed by atoms with E-state index in [4.69, 9.17) is 10.5 Å². The summed E-state index contributed by atoms with van der Waals surface area (Å²) in [5, 5.41) is 0.523. The molecule has 17 heavy (non-hydrogen) atoms. The maximum Gasteiger partial charge on any atom is 0.345 e. The summed E-state index contributed by atoms with van der Waals surface area (Å²) in [7, 11) is 0. The molecule has 0 aromatic carbocycles. The molecular weight excluding hydrogens is 222 g/mol. The lowest BCUT2D eigenvalue weighted by atomic mass is 10.1. The molecule has 2 heterocycles. The lowest BCUT2D eigenvalue weighted by Crippen LogP contribution is -2.22. The zero-order valence-corrected chi connectivity index (χ0v) is 9.19. The summed E-state index contributed by atoms with van der Waals surface area (Å²) in [4.78, 5) is 29.7. The zero-order chi connectivity index (χ0) is 12.4. The van der Waals surface area contributed by atoms with E-state index >= 15 is 0 Å². The van der Waals surface area contributed by atoms with Gasteiger partial charge in [-0.3, -0.25) is 4.79 Å². The Labute approximate surface area is 96.4 Å². The number of H-pyrrole nitrogens is 1. The van der Waals surface area contributed by atoms with E-state index in [1.807, 2.05) is 0 Å². The van der Waals surface area contributed by atoms with Gasteiger partial charge in [-0.05, 0) is 19.1 Å². The summed E-state index contributed by atoms with van der Waals surface area (Å²) in [5.74, 6) is -0.725. The smallest absolute Gasteiger partial charge is 0.345 e. The van der Waals surface area contributed by atoms with E-state index in [-0.39, 0.29) is 17.9 Å². The highest BCUT2D eigenvalue weighted by atomic mass is 16.5.